The Kier molecular flexibility index (Phi) is 4.16. The molecule has 5 heterocycles. The van der Waals surface area contributed by atoms with Crippen molar-refractivity contribution < 1.29 is 0 Å². The van der Waals surface area contributed by atoms with Crippen LogP contribution in [0.3, 0.4) is 0 Å². The summed E-state index contributed by atoms with van der Waals surface area (Å²) in [6, 6.07) is 7.85. The third-order valence-corrected chi connectivity index (χ3v) is 5.17. The van der Waals surface area contributed by atoms with Crippen LogP contribution < -0.4 is 4.90 Å². The zero-order valence-corrected chi connectivity index (χ0v) is 15.6. The van der Waals surface area contributed by atoms with Gasteiger partial charge in [0.15, 0.2) is 11.5 Å². The summed E-state index contributed by atoms with van der Waals surface area (Å²) >= 11 is 0. The Labute approximate surface area is 162 Å². The van der Waals surface area contributed by atoms with E-state index in [-0.39, 0.29) is 0 Å². The highest BCUT2D eigenvalue weighted by Crippen LogP contribution is 2.29. The molecule has 8 heteroatoms. The first-order valence-corrected chi connectivity index (χ1v) is 9.44. The van der Waals surface area contributed by atoms with E-state index in [0.717, 1.165) is 60.2 Å². The van der Waals surface area contributed by atoms with Gasteiger partial charge in [-0.25, -0.2) is 4.98 Å². The number of hydrogen-bond acceptors (Lipinski definition) is 7. The van der Waals surface area contributed by atoms with Gasteiger partial charge < -0.3 is 4.90 Å². The second-order valence-electron chi connectivity index (χ2n) is 7.07. The van der Waals surface area contributed by atoms with Gasteiger partial charge in [-0.3, -0.25) is 9.97 Å². The molecular weight excluding hydrogens is 352 g/mol. The van der Waals surface area contributed by atoms with Crippen LogP contribution in [0.2, 0.25) is 0 Å². The fourth-order valence-corrected chi connectivity index (χ4v) is 3.70. The normalized spacial score (nSPS) is 15.2. The van der Waals surface area contributed by atoms with Crippen LogP contribution in [-0.4, -0.2) is 47.9 Å². The Morgan fingerprint density at radius 1 is 0.964 bits per heavy atom. The van der Waals surface area contributed by atoms with Gasteiger partial charge in [-0.05, 0) is 44.0 Å². The maximum absolute atomic E-state index is 4.79. The van der Waals surface area contributed by atoms with Crippen LogP contribution >= 0.6 is 0 Å². The molecule has 5 rings (SSSR count). The van der Waals surface area contributed by atoms with E-state index in [2.05, 4.69) is 30.0 Å². The monoisotopic (exact) mass is 372 g/mol. The highest BCUT2D eigenvalue weighted by molar-refractivity contribution is 5.58. The number of rotatable bonds is 3. The minimum absolute atomic E-state index is 0.320. The van der Waals surface area contributed by atoms with Crippen molar-refractivity contribution >= 4 is 11.5 Å². The molecule has 140 valence electrons. The predicted octanol–water partition coefficient (Wildman–Crippen LogP) is 2.67. The molecule has 4 aromatic heterocycles. The topological polar surface area (TPSA) is 85.0 Å². The summed E-state index contributed by atoms with van der Waals surface area (Å²) in [5.41, 5.74) is 3.57. The van der Waals surface area contributed by atoms with Crippen LogP contribution in [0.15, 0.2) is 49.1 Å². The summed E-state index contributed by atoms with van der Waals surface area (Å²) in [5, 5.41) is 13.6. The maximum atomic E-state index is 4.79. The quantitative estimate of drug-likeness (QED) is 0.546. The third kappa shape index (κ3) is 3.06. The maximum Gasteiger partial charge on any atom is 0.177 e. The van der Waals surface area contributed by atoms with Gasteiger partial charge in [0.2, 0.25) is 0 Å². The van der Waals surface area contributed by atoms with Crippen molar-refractivity contribution in [3.8, 4) is 11.3 Å². The Morgan fingerprint density at radius 2 is 1.86 bits per heavy atom. The molecule has 0 saturated carbocycles. The summed E-state index contributed by atoms with van der Waals surface area (Å²) in [6.45, 7) is 3.80. The van der Waals surface area contributed by atoms with Gasteiger partial charge in [-0.2, -0.15) is 9.61 Å². The van der Waals surface area contributed by atoms with Gasteiger partial charge in [-0.15, -0.1) is 10.2 Å². The molecule has 1 saturated heterocycles. The summed E-state index contributed by atoms with van der Waals surface area (Å²) in [6.07, 6.45) is 9.16. The van der Waals surface area contributed by atoms with Crippen LogP contribution in [0.4, 0.5) is 5.82 Å². The van der Waals surface area contributed by atoms with Crippen molar-refractivity contribution in [2.45, 2.75) is 25.7 Å². The van der Waals surface area contributed by atoms with Crippen molar-refractivity contribution in [1.29, 1.82) is 0 Å². The minimum atomic E-state index is 0.320. The van der Waals surface area contributed by atoms with Crippen LogP contribution in [0.5, 0.6) is 0 Å². The molecule has 28 heavy (non-hydrogen) atoms. The zero-order chi connectivity index (χ0) is 18.9. The van der Waals surface area contributed by atoms with Crippen molar-refractivity contribution in [3.63, 3.8) is 0 Å². The standard InChI is InChI=1S/C20H20N8/c1-14-11-22-13-19(23-14)27-9-6-15(7-10-27)20-25-24-18-5-4-17(26-28(18)20)16-3-2-8-21-12-16/h2-5,8,11-13,15H,6-7,9-10H2,1H3. The summed E-state index contributed by atoms with van der Waals surface area (Å²) in [7, 11) is 0. The lowest BCUT2D eigenvalue weighted by Gasteiger charge is -2.31. The highest BCUT2D eigenvalue weighted by Gasteiger charge is 2.26. The summed E-state index contributed by atoms with van der Waals surface area (Å²) < 4.78 is 1.88. The molecule has 0 spiro atoms. The van der Waals surface area contributed by atoms with Crippen LogP contribution in [-0.2, 0) is 0 Å². The molecule has 0 N–H and O–H groups in total. The SMILES string of the molecule is Cc1cncc(N2CCC(c3nnc4ccc(-c5cccnc5)nn34)CC2)n1. The second kappa shape index (κ2) is 6.95. The van der Waals surface area contributed by atoms with Crippen LogP contribution in [0.1, 0.15) is 30.3 Å². The Hall–Kier alpha value is -3.42. The van der Waals surface area contributed by atoms with Gasteiger partial charge in [0.25, 0.3) is 0 Å². The van der Waals surface area contributed by atoms with E-state index < -0.39 is 0 Å². The number of aryl methyl sites for hydroxylation is 1. The van der Waals surface area contributed by atoms with Crippen LogP contribution in [0.25, 0.3) is 16.9 Å². The van der Waals surface area contributed by atoms with Crippen molar-refractivity contribution in [2.24, 2.45) is 0 Å². The molecule has 4 aromatic rings. The van der Waals surface area contributed by atoms with Gasteiger partial charge in [0, 0.05) is 43.2 Å². The number of nitrogens with zero attached hydrogens (tertiary/aromatic N) is 8. The smallest absolute Gasteiger partial charge is 0.177 e. The number of aromatic nitrogens is 7. The van der Waals surface area contributed by atoms with Gasteiger partial charge in [0.05, 0.1) is 17.6 Å². The van der Waals surface area contributed by atoms with E-state index in [0.29, 0.717) is 5.92 Å². The molecule has 0 aliphatic carbocycles. The summed E-state index contributed by atoms with van der Waals surface area (Å²) in [5.74, 6) is 2.19. The van der Waals surface area contributed by atoms with E-state index in [9.17, 15) is 0 Å². The zero-order valence-electron chi connectivity index (χ0n) is 15.6. The lowest BCUT2D eigenvalue weighted by molar-refractivity contribution is 0.475. The van der Waals surface area contributed by atoms with E-state index in [1.54, 1.807) is 12.4 Å². The fourth-order valence-electron chi connectivity index (χ4n) is 3.70. The van der Waals surface area contributed by atoms with E-state index in [1.165, 1.54) is 0 Å². The fraction of sp³-hybridized carbons (Fsp3) is 0.300. The van der Waals surface area contributed by atoms with Crippen molar-refractivity contribution in [3.05, 3.63) is 60.6 Å². The van der Waals surface area contributed by atoms with Gasteiger partial charge >= 0.3 is 0 Å². The predicted molar refractivity (Wildman–Crippen MR) is 105 cm³/mol. The Morgan fingerprint density at radius 3 is 2.64 bits per heavy atom. The highest BCUT2D eigenvalue weighted by atomic mass is 15.4. The molecule has 0 unspecified atom stereocenters. The lowest BCUT2D eigenvalue weighted by Crippen LogP contribution is -2.34. The van der Waals surface area contributed by atoms with E-state index in [4.69, 9.17) is 5.10 Å². The second-order valence-corrected chi connectivity index (χ2v) is 7.07. The third-order valence-electron chi connectivity index (χ3n) is 5.17. The first kappa shape index (κ1) is 16.7. The van der Waals surface area contributed by atoms with Crippen LogP contribution in [0, 0.1) is 6.92 Å². The van der Waals surface area contributed by atoms with E-state index >= 15 is 0 Å². The molecule has 0 atom stereocenters. The van der Waals surface area contributed by atoms with Gasteiger partial charge in [-0.1, -0.05) is 0 Å². The van der Waals surface area contributed by atoms with E-state index in [1.807, 2.05) is 48.1 Å². The first-order chi connectivity index (χ1) is 13.8. The van der Waals surface area contributed by atoms with Gasteiger partial charge in [0.1, 0.15) is 5.82 Å². The molecule has 0 amide bonds. The van der Waals surface area contributed by atoms with Crippen molar-refractivity contribution in [2.75, 3.05) is 18.0 Å². The number of piperidine rings is 1. The van der Waals surface area contributed by atoms with Crippen molar-refractivity contribution in [1.82, 2.24) is 34.8 Å². The number of hydrogen-bond donors (Lipinski definition) is 0. The molecule has 0 bridgehead atoms. The average Bonchev–Trinajstić information content (AvgIpc) is 3.18. The molecule has 1 aliphatic rings. The molecular formula is C20H20N8. The lowest BCUT2D eigenvalue weighted by atomic mass is 9.96. The molecule has 1 fully saturated rings. The Bertz CT molecular complexity index is 1100. The molecule has 0 aromatic carbocycles. The number of fused-ring (bicyclic) bond motifs is 1. The molecule has 1 aliphatic heterocycles. The number of pyridine rings is 1. The Balaban J connectivity index is 1.39. The summed E-state index contributed by atoms with van der Waals surface area (Å²) in [4.78, 5) is 15.3. The average molecular weight is 372 g/mol. The number of anilines is 1. The molecule has 0 radical (unpaired) electrons. The minimum Gasteiger partial charge on any atom is -0.355 e. The largest absolute Gasteiger partial charge is 0.355 e. The first-order valence-electron chi connectivity index (χ1n) is 9.44. The molecule has 8 nitrogen and oxygen atoms in total.